The van der Waals surface area contributed by atoms with Crippen molar-refractivity contribution in [1.29, 1.82) is 0 Å². The van der Waals surface area contributed by atoms with Gasteiger partial charge in [0.1, 0.15) is 11.6 Å². The molecule has 0 aliphatic carbocycles. The lowest BCUT2D eigenvalue weighted by Gasteiger charge is -2.28. The number of rotatable bonds is 11. The van der Waals surface area contributed by atoms with Crippen LogP contribution in [0.5, 0.6) is 0 Å². The van der Waals surface area contributed by atoms with Gasteiger partial charge in [0.05, 0.1) is 18.8 Å². The quantitative estimate of drug-likeness (QED) is 0.281. The molecular weight excluding hydrogens is 458 g/mol. The smallest absolute Gasteiger partial charge is 0.191 e. The molecule has 0 radical (unpaired) electrons. The van der Waals surface area contributed by atoms with E-state index in [2.05, 4.69) is 71.7 Å². The third-order valence-corrected chi connectivity index (χ3v) is 6.56. The molecule has 1 aromatic heterocycles. The number of hydrogen-bond donors (Lipinski definition) is 1. The molecule has 0 unspecified atom stereocenters. The van der Waals surface area contributed by atoms with E-state index in [9.17, 15) is 0 Å². The molecule has 2 N–H and O–H groups in total. The maximum Gasteiger partial charge on any atom is 0.191 e. The van der Waals surface area contributed by atoms with Crippen molar-refractivity contribution in [3.8, 4) is 0 Å². The van der Waals surface area contributed by atoms with Gasteiger partial charge in [-0.15, -0.1) is 13.2 Å². The molecule has 194 valence electrons. The van der Waals surface area contributed by atoms with E-state index < -0.39 is 0 Å². The fraction of sp³-hybridized carbons (Fsp3) is 0.355. The van der Waals surface area contributed by atoms with E-state index in [4.69, 9.17) is 20.4 Å². The fourth-order valence-corrected chi connectivity index (χ4v) is 4.80. The maximum atomic E-state index is 6.63. The zero-order valence-corrected chi connectivity index (χ0v) is 22.0. The number of nitrogen functional groups attached to an aromatic ring is 1. The van der Waals surface area contributed by atoms with Crippen LogP contribution in [0.15, 0.2) is 79.9 Å². The van der Waals surface area contributed by atoms with E-state index in [-0.39, 0.29) is 0 Å². The van der Waals surface area contributed by atoms with E-state index in [1.807, 2.05) is 19.1 Å². The number of allylic oxidation sites excluding steroid dienone is 5. The van der Waals surface area contributed by atoms with Crippen molar-refractivity contribution in [3.05, 3.63) is 102 Å². The number of unbranched alkanes of at least 4 members (excludes halogenated alkanes) is 1. The minimum atomic E-state index is 0.539. The van der Waals surface area contributed by atoms with Crippen LogP contribution < -0.4 is 10.6 Å². The minimum Gasteiger partial charge on any atom is -0.479 e. The summed E-state index contributed by atoms with van der Waals surface area (Å²) in [6, 6.07) is 8.60. The summed E-state index contributed by atoms with van der Waals surface area (Å²) in [7, 11) is 0. The molecule has 0 bridgehead atoms. The Hall–Kier alpha value is -3.80. The van der Waals surface area contributed by atoms with Gasteiger partial charge >= 0.3 is 0 Å². The Bertz CT molecular complexity index is 1200. The minimum absolute atomic E-state index is 0.539. The molecule has 6 nitrogen and oxygen atoms in total. The first-order valence-electron chi connectivity index (χ1n) is 13.3. The van der Waals surface area contributed by atoms with Crippen LogP contribution in [0.4, 0.5) is 11.6 Å². The third kappa shape index (κ3) is 6.50. The molecule has 0 amide bonds. The predicted octanol–water partition coefficient (Wildman–Crippen LogP) is 6.53. The van der Waals surface area contributed by atoms with Gasteiger partial charge in [-0.1, -0.05) is 48.6 Å². The normalized spacial score (nSPS) is 15.3. The van der Waals surface area contributed by atoms with Crippen LogP contribution in [0.3, 0.4) is 0 Å². The first kappa shape index (κ1) is 26.3. The summed E-state index contributed by atoms with van der Waals surface area (Å²) in [5.41, 5.74) is 11.0. The van der Waals surface area contributed by atoms with Gasteiger partial charge in [-0.3, -0.25) is 4.90 Å². The number of ether oxygens (including phenoxy) is 1. The molecule has 4 rings (SSSR count). The second-order valence-electron chi connectivity index (χ2n) is 9.32. The van der Waals surface area contributed by atoms with Crippen LogP contribution in [0, 0.1) is 0 Å². The predicted molar refractivity (Wildman–Crippen MR) is 153 cm³/mol. The fourth-order valence-electron chi connectivity index (χ4n) is 4.80. The van der Waals surface area contributed by atoms with Crippen molar-refractivity contribution in [3.63, 3.8) is 0 Å². The highest BCUT2D eigenvalue weighted by molar-refractivity contribution is 5.68. The van der Waals surface area contributed by atoms with E-state index in [0.29, 0.717) is 24.8 Å². The van der Waals surface area contributed by atoms with Gasteiger partial charge in [0.2, 0.25) is 0 Å². The number of benzene rings is 1. The molecule has 6 heteroatoms. The van der Waals surface area contributed by atoms with Crippen molar-refractivity contribution < 1.29 is 4.74 Å². The summed E-state index contributed by atoms with van der Waals surface area (Å²) < 4.78 is 6.14. The average molecular weight is 498 g/mol. The third-order valence-electron chi connectivity index (χ3n) is 6.56. The van der Waals surface area contributed by atoms with Crippen molar-refractivity contribution in [2.45, 2.75) is 58.4 Å². The van der Waals surface area contributed by atoms with E-state index in [1.54, 1.807) is 0 Å². The molecule has 0 spiro atoms. The zero-order chi connectivity index (χ0) is 26.0. The van der Waals surface area contributed by atoms with Gasteiger partial charge in [-0.25, -0.2) is 9.97 Å². The molecule has 37 heavy (non-hydrogen) atoms. The Morgan fingerprint density at radius 3 is 2.76 bits per heavy atom. The molecule has 0 saturated carbocycles. The number of nitrogens with zero attached hydrogens (tertiary/aromatic N) is 4. The highest BCUT2D eigenvalue weighted by atomic mass is 16.5. The Balaban J connectivity index is 1.76. The van der Waals surface area contributed by atoms with Crippen LogP contribution in [0.25, 0.3) is 5.70 Å². The number of anilines is 2. The summed E-state index contributed by atoms with van der Waals surface area (Å²) in [6.45, 7) is 11.9. The van der Waals surface area contributed by atoms with Crippen LogP contribution >= 0.6 is 0 Å². The summed E-state index contributed by atoms with van der Waals surface area (Å²) in [5, 5.41) is 0. The molecule has 0 fully saturated rings. The van der Waals surface area contributed by atoms with Gasteiger partial charge < -0.3 is 15.4 Å². The summed E-state index contributed by atoms with van der Waals surface area (Å²) in [6.07, 6.45) is 19.0. The van der Waals surface area contributed by atoms with Crippen LogP contribution in [0.2, 0.25) is 0 Å². The number of aromatic nitrogens is 2. The first-order chi connectivity index (χ1) is 18.1. The monoisotopic (exact) mass is 497 g/mol. The second-order valence-corrected chi connectivity index (χ2v) is 9.32. The first-order valence-corrected chi connectivity index (χ1v) is 13.3. The van der Waals surface area contributed by atoms with Crippen LogP contribution in [0.1, 0.15) is 61.5 Å². The van der Waals surface area contributed by atoms with E-state index in [1.165, 1.54) is 11.1 Å². The number of nitrogens with two attached hydrogens (primary N) is 1. The lowest BCUT2D eigenvalue weighted by molar-refractivity contribution is 0.218. The summed E-state index contributed by atoms with van der Waals surface area (Å²) in [5.74, 6) is 2.84. The molecule has 0 atom stereocenters. The van der Waals surface area contributed by atoms with Crippen LogP contribution in [-0.2, 0) is 24.1 Å². The van der Waals surface area contributed by atoms with Gasteiger partial charge in [0.25, 0.3) is 0 Å². The second kappa shape index (κ2) is 12.9. The van der Waals surface area contributed by atoms with Crippen molar-refractivity contribution in [2.24, 2.45) is 0 Å². The van der Waals surface area contributed by atoms with Gasteiger partial charge in [0.15, 0.2) is 11.7 Å². The van der Waals surface area contributed by atoms with Crippen molar-refractivity contribution in [1.82, 2.24) is 14.9 Å². The zero-order valence-electron chi connectivity index (χ0n) is 22.0. The van der Waals surface area contributed by atoms with Gasteiger partial charge in [-0.05, 0) is 69.1 Å². The van der Waals surface area contributed by atoms with Gasteiger partial charge in [-0.2, -0.15) is 0 Å². The SMILES string of the molecule is C=CCCCN1C=CCCC=C1c1nc(N)c2c(n1)N(Cc1cccc(CC=C)c1)C(OCC)=CCC2. The Morgan fingerprint density at radius 2 is 1.95 bits per heavy atom. The average Bonchev–Trinajstić information content (AvgIpc) is 3.23. The number of fused-ring (bicyclic) bond motifs is 1. The van der Waals surface area contributed by atoms with Crippen LogP contribution in [-0.4, -0.2) is 28.0 Å². The molecule has 2 aliphatic heterocycles. The summed E-state index contributed by atoms with van der Waals surface area (Å²) in [4.78, 5) is 14.4. The van der Waals surface area contributed by atoms with Gasteiger partial charge in [0, 0.05) is 18.3 Å². The number of hydrogen-bond acceptors (Lipinski definition) is 6. The summed E-state index contributed by atoms with van der Waals surface area (Å²) >= 11 is 0. The lowest BCUT2D eigenvalue weighted by atomic mass is 10.1. The largest absolute Gasteiger partial charge is 0.479 e. The highest BCUT2D eigenvalue weighted by Crippen LogP contribution is 2.34. The standard InChI is InChI=1S/C31H39N5O/c1-4-7-10-20-35-21-11-8-9-18-27(35)30-33-29(32)26-17-13-19-28(37-6-3)36(31(26)34-30)23-25-16-12-15-24(22-25)14-5-2/h4-5,11-12,15-16,18-19,21-22H,1-2,6-10,13-14,17,20,23H2,3H3,(H2,32,33,34). The van der Waals surface area contributed by atoms with E-state index >= 15 is 0 Å². The van der Waals surface area contributed by atoms with Crippen molar-refractivity contribution in [2.75, 3.05) is 23.8 Å². The highest BCUT2D eigenvalue weighted by Gasteiger charge is 2.26. The Labute approximate surface area is 221 Å². The molecule has 0 saturated heterocycles. The molecule has 1 aromatic carbocycles. The molecular formula is C31H39N5O. The van der Waals surface area contributed by atoms with E-state index in [0.717, 1.165) is 74.5 Å². The van der Waals surface area contributed by atoms with Crippen molar-refractivity contribution >= 4 is 17.3 Å². The Morgan fingerprint density at radius 1 is 1.08 bits per heavy atom. The lowest BCUT2D eigenvalue weighted by Crippen LogP contribution is -2.27. The molecule has 3 heterocycles. The maximum absolute atomic E-state index is 6.63. The topological polar surface area (TPSA) is 67.5 Å². The molecule has 2 aromatic rings. The molecule has 2 aliphatic rings. The Kier molecular flexibility index (Phi) is 9.19.